The topological polar surface area (TPSA) is 83.0 Å². The van der Waals surface area contributed by atoms with Crippen LogP contribution in [0.5, 0.6) is 0 Å². The molecule has 0 fully saturated rings. The Balaban J connectivity index is 1.50. The van der Waals surface area contributed by atoms with Crippen molar-refractivity contribution in [2.45, 2.75) is 13.5 Å². The molecule has 0 saturated heterocycles. The van der Waals surface area contributed by atoms with E-state index in [0.717, 1.165) is 22.3 Å². The maximum Gasteiger partial charge on any atom is 0.254 e. The van der Waals surface area contributed by atoms with Crippen LogP contribution in [0.3, 0.4) is 0 Å². The number of hydrogen-bond donors (Lipinski definition) is 0. The molecule has 162 valence electrons. The second-order valence-corrected chi connectivity index (χ2v) is 7.64. The zero-order valence-electron chi connectivity index (χ0n) is 18.2. The molecular formula is C27H22N4O2. The van der Waals surface area contributed by atoms with E-state index in [9.17, 15) is 4.79 Å². The molecule has 0 aliphatic rings. The Kier molecular flexibility index (Phi) is 6.42. The number of nitrogens with zero attached hydrogens (tertiary/aromatic N) is 4. The molecule has 6 heteroatoms. The Morgan fingerprint density at radius 1 is 1.03 bits per heavy atom. The molecular weight excluding hydrogens is 412 g/mol. The van der Waals surface area contributed by atoms with Gasteiger partial charge in [-0.3, -0.25) is 4.79 Å². The van der Waals surface area contributed by atoms with Gasteiger partial charge in [-0.25, -0.2) is 0 Å². The molecule has 3 aromatic carbocycles. The lowest BCUT2D eigenvalue weighted by molar-refractivity contribution is 0.0762. The lowest BCUT2D eigenvalue weighted by Crippen LogP contribution is -2.30. The number of carbonyl (C=O) groups is 1. The Hall–Kier alpha value is -4.50. The van der Waals surface area contributed by atoms with Gasteiger partial charge >= 0.3 is 0 Å². The molecule has 4 rings (SSSR count). The maximum absolute atomic E-state index is 13.1. The van der Waals surface area contributed by atoms with E-state index in [1.807, 2.05) is 43.3 Å². The molecule has 4 aromatic rings. The molecule has 1 aromatic heterocycles. The number of nitriles is 1. The number of amides is 1. The number of hydrogen-bond acceptors (Lipinski definition) is 5. The Bertz CT molecular complexity index is 1320. The predicted molar refractivity (Wildman–Crippen MR) is 126 cm³/mol. The molecule has 0 saturated carbocycles. The summed E-state index contributed by atoms with van der Waals surface area (Å²) in [6, 6.07) is 24.3. The van der Waals surface area contributed by atoms with Gasteiger partial charge in [-0.05, 0) is 61.0 Å². The highest BCUT2D eigenvalue weighted by atomic mass is 16.4. The van der Waals surface area contributed by atoms with Crippen molar-refractivity contribution in [1.29, 1.82) is 5.26 Å². The van der Waals surface area contributed by atoms with E-state index in [2.05, 4.69) is 22.8 Å². The van der Waals surface area contributed by atoms with Gasteiger partial charge in [0.15, 0.2) is 0 Å². The van der Waals surface area contributed by atoms with Crippen molar-refractivity contribution in [3.8, 4) is 29.0 Å². The number of rotatable bonds is 7. The maximum atomic E-state index is 13.1. The zero-order valence-corrected chi connectivity index (χ0v) is 18.2. The molecule has 0 bridgehead atoms. The fourth-order valence-electron chi connectivity index (χ4n) is 3.45. The lowest BCUT2D eigenvalue weighted by Gasteiger charge is -2.21. The summed E-state index contributed by atoms with van der Waals surface area (Å²) in [4.78, 5) is 14.8. The third-order valence-corrected chi connectivity index (χ3v) is 5.16. The summed E-state index contributed by atoms with van der Waals surface area (Å²) in [6.07, 6.45) is 1.70. The molecule has 0 radical (unpaired) electrons. The van der Waals surface area contributed by atoms with E-state index in [0.29, 0.717) is 36.0 Å². The molecule has 33 heavy (non-hydrogen) atoms. The summed E-state index contributed by atoms with van der Waals surface area (Å²) < 4.78 is 5.84. The van der Waals surface area contributed by atoms with E-state index >= 15 is 0 Å². The van der Waals surface area contributed by atoms with Crippen molar-refractivity contribution in [2.24, 2.45) is 0 Å². The minimum atomic E-state index is -0.114. The molecule has 0 atom stereocenters. The van der Waals surface area contributed by atoms with Crippen molar-refractivity contribution in [1.82, 2.24) is 15.1 Å². The second-order valence-electron chi connectivity index (χ2n) is 7.64. The quantitative estimate of drug-likeness (QED) is 0.363. The number of benzene rings is 3. The number of aryl methyl sites for hydroxylation is 1. The van der Waals surface area contributed by atoms with Crippen molar-refractivity contribution >= 4 is 5.91 Å². The van der Waals surface area contributed by atoms with Gasteiger partial charge in [0.05, 0.1) is 11.6 Å². The van der Waals surface area contributed by atoms with Gasteiger partial charge in [0.1, 0.15) is 0 Å². The normalized spacial score (nSPS) is 10.4. The highest BCUT2D eigenvalue weighted by Gasteiger charge is 2.17. The first-order valence-electron chi connectivity index (χ1n) is 10.5. The first kappa shape index (κ1) is 21.7. The van der Waals surface area contributed by atoms with Gasteiger partial charge in [-0.2, -0.15) is 5.26 Å². The molecule has 1 amide bonds. The average molecular weight is 434 g/mol. The third kappa shape index (κ3) is 5.05. The number of carbonyl (C=O) groups excluding carboxylic acids is 1. The number of aromatic nitrogens is 2. The fraction of sp³-hybridized carbons (Fsp3) is 0.111. The van der Waals surface area contributed by atoms with E-state index in [4.69, 9.17) is 9.68 Å². The Labute approximate surface area is 192 Å². The van der Waals surface area contributed by atoms with Gasteiger partial charge in [-0.15, -0.1) is 16.8 Å². The SMILES string of the molecule is C=CCN(Cc1ccc(C#N)cc1)C(=O)c1ccc(-c2nnc(-c3cccc(C)c3)o2)cc1. The van der Waals surface area contributed by atoms with Gasteiger partial charge in [0, 0.05) is 29.8 Å². The van der Waals surface area contributed by atoms with Gasteiger partial charge in [-0.1, -0.05) is 35.9 Å². The second kappa shape index (κ2) is 9.75. The van der Waals surface area contributed by atoms with Crippen molar-refractivity contribution in [3.05, 3.63) is 108 Å². The van der Waals surface area contributed by atoms with Crippen LogP contribution < -0.4 is 0 Å². The predicted octanol–water partition coefficient (Wildman–Crippen LogP) is 5.41. The minimum absolute atomic E-state index is 0.114. The van der Waals surface area contributed by atoms with Crippen LogP contribution in [0, 0.1) is 18.3 Å². The van der Waals surface area contributed by atoms with E-state index in [-0.39, 0.29) is 5.91 Å². The van der Waals surface area contributed by atoms with Gasteiger partial charge < -0.3 is 9.32 Å². The third-order valence-electron chi connectivity index (χ3n) is 5.16. The van der Waals surface area contributed by atoms with Crippen LogP contribution in [0.2, 0.25) is 0 Å². The lowest BCUT2D eigenvalue weighted by atomic mass is 10.1. The highest BCUT2D eigenvalue weighted by Crippen LogP contribution is 2.25. The van der Waals surface area contributed by atoms with Crippen LogP contribution in [-0.2, 0) is 6.54 Å². The highest BCUT2D eigenvalue weighted by molar-refractivity contribution is 5.94. The molecule has 0 N–H and O–H groups in total. The summed E-state index contributed by atoms with van der Waals surface area (Å²) in [6.45, 7) is 6.60. The first-order chi connectivity index (χ1) is 16.1. The molecule has 0 spiro atoms. The monoisotopic (exact) mass is 434 g/mol. The average Bonchev–Trinajstić information content (AvgIpc) is 3.34. The zero-order chi connectivity index (χ0) is 23.2. The molecule has 0 aliphatic heterocycles. The van der Waals surface area contributed by atoms with Crippen LogP contribution in [-0.4, -0.2) is 27.5 Å². The van der Waals surface area contributed by atoms with Crippen molar-refractivity contribution < 1.29 is 9.21 Å². The molecule has 0 aliphatic carbocycles. The van der Waals surface area contributed by atoms with Crippen molar-refractivity contribution in [2.75, 3.05) is 6.54 Å². The van der Waals surface area contributed by atoms with Crippen LogP contribution >= 0.6 is 0 Å². The standard InChI is InChI=1S/C27H22N4O2/c1-3-15-31(18-21-9-7-20(17-28)8-10-21)27(32)23-13-11-22(12-14-23)25-29-30-26(33-25)24-6-4-5-19(2)16-24/h3-14,16H,1,15,18H2,2H3. The van der Waals surface area contributed by atoms with Crippen LogP contribution in [0.1, 0.15) is 27.0 Å². The summed E-state index contributed by atoms with van der Waals surface area (Å²) in [5, 5.41) is 17.3. The van der Waals surface area contributed by atoms with Crippen molar-refractivity contribution in [3.63, 3.8) is 0 Å². The molecule has 0 unspecified atom stereocenters. The largest absolute Gasteiger partial charge is 0.416 e. The van der Waals surface area contributed by atoms with E-state index < -0.39 is 0 Å². The van der Waals surface area contributed by atoms with Crippen LogP contribution in [0.25, 0.3) is 22.9 Å². The minimum Gasteiger partial charge on any atom is -0.416 e. The summed E-state index contributed by atoms with van der Waals surface area (Å²) in [5.41, 5.74) is 4.79. The van der Waals surface area contributed by atoms with Crippen LogP contribution in [0.4, 0.5) is 0 Å². The van der Waals surface area contributed by atoms with Gasteiger partial charge in [0.2, 0.25) is 11.8 Å². The van der Waals surface area contributed by atoms with E-state index in [1.165, 1.54) is 0 Å². The smallest absolute Gasteiger partial charge is 0.254 e. The first-order valence-corrected chi connectivity index (χ1v) is 10.5. The van der Waals surface area contributed by atoms with Gasteiger partial charge in [0.25, 0.3) is 5.91 Å². The molecule has 6 nitrogen and oxygen atoms in total. The summed E-state index contributed by atoms with van der Waals surface area (Å²) in [5.74, 6) is 0.733. The summed E-state index contributed by atoms with van der Waals surface area (Å²) >= 11 is 0. The molecule has 1 heterocycles. The Morgan fingerprint density at radius 3 is 2.36 bits per heavy atom. The van der Waals surface area contributed by atoms with E-state index in [1.54, 1.807) is 47.4 Å². The summed E-state index contributed by atoms with van der Waals surface area (Å²) in [7, 11) is 0. The van der Waals surface area contributed by atoms with Crippen LogP contribution in [0.15, 0.2) is 89.9 Å². The fourth-order valence-corrected chi connectivity index (χ4v) is 3.45. The Morgan fingerprint density at radius 2 is 1.73 bits per heavy atom.